The van der Waals surface area contributed by atoms with Crippen molar-refractivity contribution in [2.24, 2.45) is 5.92 Å². The van der Waals surface area contributed by atoms with Crippen LogP contribution in [0.25, 0.3) is 0 Å². The quantitative estimate of drug-likeness (QED) is 0.565. The molecule has 1 heterocycles. The van der Waals surface area contributed by atoms with E-state index in [9.17, 15) is 0 Å². The molecule has 2 radical (unpaired) electrons. The Hall–Kier alpha value is -0.0551. The fourth-order valence-corrected chi connectivity index (χ4v) is 1.59. The number of methoxy groups -OCH3 is 2. The maximum atomic E-state index is 5.71. The summed E-state index contributed by atoms with van der Waals surface area (Å²) in [6.45, 7) is 2.56. The number of ether oxygens (including phenoxy) is 3. The van der Waals surface area contributed by atoms with E-state index in [4.69, 9.17) is 22.1 Å². The molecule has 1 fully saturated rings. The normalized spacial score (nSPS) is 41.9. The largest absolute Gasteiger partial charge is 0.382 e. The molecule has 1 rings (SSSR count). The second-order valence-corrected chi connectivity index (χ2v) is 3.15. The van der Waals surface area contributed by atoms with E-state index in [2.05, 4.69) is 0 Å². The molecule has 0 amide bonds. The molecular formula is C8H15BO3. The van der Waals surface area contributed by atoms with Gasteiger partial charge in [0.25, 0.3) is 0 Å². The first-order valence-electron chi connectivity index (χ1n) is 4.13. The van der Waals surface area contributed by atoms with Crippen LogP contribution in [0.4, 0.5) is 0 Å². The van der Waals surface area contributed by atoms with Crippen molar-refractivity contribution in [3.8, 4) is 0 Å². The summed E-state index contributed by atoms with van der Waals surface area (Å²) in [5.74, 6) is 0.232. The van der Waals surface area contributed by atoms with Crippen molar-refractivity contribution >= 4 is 7.85 Å². The Morgan fingerprint density at radius 2 is 2.08 bits per heavy atom. The van der Waals surface area contributed by atoms with Gasteiger partial charge in [0, 0.05) is 26.1 Å². The van der Waals surface area contributed by atoms with Crippen LogP contribution >= 0.6 is 0 Å². The zero-order chi connectivity index (χ0) is 9.14. The predicted molar refractivity (Wildman–Crippen MR) is 46.3 cm³/mol. The molecule has 0 aromatic rings. The molecule has 3 nitrogen and oxygen atoms in total. The first kappa shape index (κ1) is 10.0. The van der Waals surface area contributed by atoms with Crippen molar-refractivity contribution in [3.63, 3.8) is 0 Å². The van der Waals surface area contributed by atoms with Crippen molar-refractivity contribution in [1.29, 1.82) is 0 Å². The molecule has 4 atom stereocenters. The molecule has 2 unspecified atom stereocenters. The monoisotopic (exact) mass is 170 g/mol. The highest BCUT2D eigenvalue weighted by Gasteiger charge is 2.39. The van der Waals surface area contributed by atoms with Gasteiger partial charge >= 0.3 is 0 Å². The topological polar surface area (TPSA) is 27.7 Å². The Balaban J connectivity index is 2.52. The van der Waals surface area contributed by atoms with Gasteiger partial charge in [-0.25, -0.2) is 0 Å². The number of hydrogen-bond donors (Lipinski definition) is 0. The SMILES string of the molecule is [B][C@@H]1O[C@H](COC)C(OC)C1C. The van der Waals surface area contributed by atoms with Crippen LogP contribution in [0.5, 0.6) is 0 Å². The second kappa shape index (κ2) is 4.26. The van der Waals surface area contributed by atoms with E-state index < -0.39 is 0 Å². The van der Waals surface area contributed by atoms with E-state index in [1.165, 1.54) is 0 Å². The third-order valence-electron chi connectivity index (χ3n) is 2.34. The van der Waals surface area contributed by atoms with E-state index in [0.717, 1.165) is 0 Å². The van der Waals surface area contributed by atoms with E-state index in [1.807, 2.05) is 6.92 Å². The van der Waals surface area contributed by atoms with Crippen molar-refractivity contribution < 1.29 is 14.2 Å². The summed E-state index contributed by atoms with van der Waals surface area (Å²) >= 11 is 0. The molecule has 0 saturated carbocycles. The summed E-state index contributed by atoms with van der Waals surface area (Å²) < 4.78 is 15.7. The molecule has 0 bridgehead atoms. The third kappa shape index (κ3) is 1.81. The summed E-state index contributed by atoms with van der Waals surface area (Å²) in [6.07, 6.45) is 0.0324. The van der Waals surface area contributed by atoms with Crippen LogP contribution in [-0.4, -0.2) is 46.9 Å². The summed E-state index contributed by atoms with van der Waals surface area (Å²) in [4.78, 5) is 0. The highest BCUT2D eigenvalue weighted by Crippen LogP contribution is 2.27. The Morgan fingerprint density at radius 1 is 1.42 bits per heavy atom. The van der Waals surface area contributed by atoms with Crippen LogP contribution in [0.1, 0.15) is 6.92 Å². The molecular weight excluding hydrogens is 155 g/mol. The van der Waals surface area contributed by atoms with Crippen molar-refractivity contribution in [2.45, 2.75) is 25.1 Å². The molecule has 1 aliphatic rings. The van der Waals surface area contributed by atoms with Gasteiger partial charge in [-0.15, -0.1) is 0 Å². The van der Waals surface area contributed by atoms with Crippen LogP contribution in [0.2, 0.25) is 0 Å². The summed E-state index contributed by atoms with van der Waals surface area (Å²) in [6, 6.07) is -0.227. The van der Waals surface area contributed by atoms with Gasteiger partial charge in [0.1, 0.15) is 14.0 Å². The van der Waals surface area contributed by atoms with Crippen LogP contribution in [0, 0.1) is 5.92 Å². The summed E-state index contributed by atoms with van der Waals surface area (Å²) in [5.41, 5.74) is 0. The lowest BCUT2D eigenvalue weighted by atomic mass is 9.86. The van der Waals surface area contributed by atoms with Crippen molar-refractivity contribution in [2.75, 3.05) is 20.8 Å². The van der Waals surface area contributed by atoms with Gasteiger partial charge in [-0.05, 0) is 0 Å². The molecule has 12 heavy (non-hydrogen) atoms. The van der Waals surface area contributed by atoms with Crippen LogP contribution in [-0.2, 0) is 14.2 Å². The molecule has 1 saturated heterocycles. The second-order valence-electron chi connectivity index (χ2n) is 3.15. The Bertz CT molecular complexity index is 142. The zero-order valence-corrected chi connectivity index (χ0v) is 7.82. The number of rotatable bonds is 3. The fraction of sp³-hybridized carbons (Fsp3) is 1.00. The highest BCUT2D eigenvalue weighted by atomic mass is 16.6. The average molecular weight is 170 g/mol. The Labute approximate surface area is 74.8 Å². The maximum Gasteiger partial charge on any atom is 0.109 e. The Kier molecular flexibility index (Phi) is 3.56. The van der Waals surface area contributed by atoms with Crippen molar-refractivity contribution in [1.82, 2.24) is 0 Å². The lowest BCUT2D eigenvalue weighted by molar-refractivity contribution is -0.0335. The smallest absolute Gasteiger partial charge is 0.109 e. The first-order chi connectivity index (χ1) is 5.70. The van der Waals surface area contributed by atoms with E-state index in [1.54, 1.807) is 14.2 Å². The van der Waals surface area contributed by atoms with Gasteiger partial charge in [0.15, 0.2) is 0 Å². The highest BCUT2D eigenvalue weighted by molar-refractivity contribution is 6.11. The van der Waals surface area contributed by atoms with E-state index in [0.29, 0.717) is 6.61 Å². The Morgan fingerprint density at radius 3 is 2.58 bits per heavy atom. The molecule has 68 valence electrons. The molecule has 0 spiro atoms. The third-order valence-corrected chi connectivity index (χ3v) is 2.34. The van der Waals surface area contributed by atoms with Crippen LogP contribution in [0.3, 0.4) is 0 Å². The minimum Gasteiger partial charge on any atom is -0.382 e. The summed E-state index contributed by atoms with van der Waals surface area (Å²) in [5, 5.41) is 0. The minimum absolute atomic E-state index is 0.0231. The van der Waals surface area contributed by atoms with Gasteiger partial charge in [0.05, 0.1) is 12.7 Å². The van der Waals surface area contributed by atoms with Gasteiger partial charge in [-0.3, -0.25) is 0 Å². The van der Waals surface area contributed by atoms with E-state index >= 15 is 0 Å². The van der Waals surface area contributed by atoms with Gasteiger partial charge < -0.3 is 14.2 Å². The molecule has 0 aliphatic carbocycles. The standard InChI is InChI=1S/C8H15BO3/c1-5-7(11-3)6(4-10-2)12-8(5)9/h5-8H,4H2,1-3H3/t5?,6-,7?,8-/m1/s1. The van der Waals surface area contributed by atoms with E-state index in [-0.39, 0.29) is 24.1 Å². The van der Waals surface area contributed by atoms with Crippen molar-refractivity contribution in [3.05, 3.63) is 0 Å². The molecule has 1 aliphatic heterocycles. The first-order valence-corrected chi connectivity index (χ1v) is 4.13. The predicted octanol–water partition coefficient (Wildman–Crippen LogP) is 0.177. The fourth-order valence-electron chi connectivity index (χ4n) is 1.59. The molecule has 0 N–H and O–H groups in total. The molecule has 4 heteroatoms. The minimum atomic E-state index is -0.227. The van der Waals surface area contributed by atoms with Gasteiger partial charge in [-0.2, -0.15) is 0 Å². The van der Waals surface area contributed by atoms with Gasteiger partial charge in [0.2, 0.25) is 0 Å². The molecule has 0 aromatic heterocycles. The van der Waals surface area contributed by atoms with Crippen LogP contribution < -0.4 is 0 Å². The molecule has 0 aromatic carbocycles. The van der Waals surface area contributed by atoms with Gasteiger partial charge in [-0.1, -0.05) is 6.92 Å². The zero-order valence-electron chi connectivity index (χ0n) is 7.82. The summed E-state index contributed by atoms with van der Waals surface area (Å²) in [7, 11) is 9.02. The average Bonchev–Trinajstić information content (AvgIpc) is 2.29. The van der Waals surface area contributed by atoms with Crippen LogP contribution in [0.15, 0.2) is 0 Å². The lowest BCUT2D eigenvalue weighted by Gasteiger charge is -2.18. The number of hydrogen-bond acceptors (Lipinski definition) is 3. The lowest BCUT2D eigenvalue weighted by Crippen LogP contribution is -2.31. The maximum absolute atomic E-state index is 5.71.